The Kier molecular flexibility index (Phi) is 7.06. The SMILES string of the molecule is C[C@@H]1C=CC[C@H]2C(=O)N(N(CC(=O)c3ccc(Cl)cc3Cl)C(=O)c3ccc(Cl)c(Cl)c3)C(=O)[C@@H]12. The van der Waals surface area contributed by atoms with Gasteiger partial charge < -0.3 is 0 Å². The van der Waals surface area contributed by atoms with Crippen LogP contribution in [0.25, 0.3) is 0 Å². The molecule has 3 amide bonds. The Morgan fingerprint density at radius 1 is 0.971 bits per heavy atom. The molecule has 1 fully saturated rings. The van der Waals surface area contributed by atoms with E-state index in [1.54, 1.807) is 0 Å². The van der Waals surface area contributed by atoms with Crippen molar-refractivity contribution in [1.29, 1.82) is 0 Å². The van der Waals surface area contributed by atoms with Crippen molar-refractivity contribution in [1.82, 2.24) is 10.0 Å². The van der Waals surface area contributed by atoms with Gasteiger partial charge in [0.25, 0.3) is 17.7 Å². The molecule has 1 heterocycles. The van der Waals surface area contributed by atoms with Crippen LogP contribution in [0.15, 0.2) is 48.6 Å². The summed E-state index contributed by atoms with van der Waals surface area (Å²) < 4.78 is 0. The van der Waals surface area contributed by atoms with E-state index in [2.05, 4.69) is 0 Å². The van der Waals surface area contributed by atoms with Crippen LogP contribution in [-0.4, -0.2) is 40.1 Å². The quantitative estimate of drug-likeness (QED) is 0.276. The lowest BCUT2D eigenvalue weighted by atomic mass is 9.78. The molecule has 1 saturated heterocycles. The number of rotatable bonds is 5. The molecule has 3 atom stereocenters. The van der Waals surface area contributed by atoms with Crippen molar-refractivity contribution in [3.05, 3.63) is 79.8 Å². The van der Waals surface area contributed by atoms with E-state index in [1.165, 1.54) is 36.4 Å². The van der Waals surface area contributed by atoms with Gasteiger partial charge in [0, 0.05) is 16.1 Å². The highest BCUT2D eigenvalue weighted by molar-refractivity contribution is 6.42. The number of nitrogens with zero attached hydrogens (tertiary/aromatic N) is 2. The molecule has 1 aliphatic heterocycles. The zero-order chi connectivity index (χ0) is 24.7. The molecule has 0 unspecified atom stereocenters. The lowest BCUT2D eigenvalue weighted by Gasteiger charge is -2.30. The second-order valence-electron chi connectivity index (χ2n) is 8.18. The lowest BCUT2D eigenvalue weighted by molar-refractivity contribution is -0.154. The van der Waals surface area contributed by atoms with E-state index >= 15 is 0 Å². The summed E-state index contributed by atoms with van der Waals surface area (Å²) in [5.74, 6) is -3.80. The van der Waals surface area contributed by atoms with E-state index < -0.39 is 41.9 Å². The highest BCUT2D eigenvalue weighted by Crippen LogP contribution is 2.39. The number of benzene rings is 2. The summed E-state index contributed by atoms with van der Waals surface area (Å²) in [6, 6.07) is 8.46. The third-order valence-electron chi connectivity index (χ3n) is 6.02. The molecule has 0 N–H and O–H groups in total. The number of carbonyl (C=O) groups excluding carboxylic acids is 4. The van der Waals surface area contributed by atoms with Crippen molar-refractivity contribution < 1.29 is 19.2 Å². The summed E-state index contributed by atoms with van der Waals surface area (Å²) >= 11 is 24.2. The maximum absolute atomic E-state index is 13.5. The van der Waals surface area contributed by atoms with Crippen LogP contribution < -0.4 is 0 Å². The van der Waals surface area contributed by atoms with Gasteiger partial charge in [-0.2, -0.15) is 5.01 Å². The number of Topliss-reactive ketones (excluding diaryl/α,β-unsaturated/α-hetero) is 1. The van der Waals surface area contributed by atoms with Gasteiger partial charge in [-0.3, -0.25) is 19.2 Å². The van der Waals surface area contributed by atoms with E-state index in [4.69, 9.17) is 46.4 Å². The number of ketones is 1. The molecule has 2 aromatic rings. The first-order valence-corrected chi connectivity index (χ1v) is 11.9. The molecular formula is C24H18Cl4N2O4. The highest BCUT2D eigenvalue weighted by Gasteiger charge is 2.53. The van der Waals surface area contributed by atoms with Gasteiger partial charge in [-0.25, -0.2) is 5.01 Å². The standard InChI is InChI=1S/C24H18Cl4N2O4/c1-12-3-2-4-16-21(12)24(34)30(23(16)33)29(22(32)13-5-8-17(26)19(28)9-13)11-20(31)15-7-6-14(25)10-18(15)27/h2-3,5-10,12,16,21H,4,11H2,1H3/t12-,16-,21+/m1/s1. The fraction of sp³-hybridized carbons (Fsp3) is 0.250. The van der Waals surface area contributed by atoms with Gasteiger partial charge in [-0.1, -0.05) is 65.5 Å². The number of allylic oxidation sites excluding steroid dienone is 2. The summed E-state index contributed by atoms with van der Waals surface area (Å²) in [5.41, 5.74) is 0.163. The number of amides is 3. The average Bonchev–Trinajstić information content (AvgIpc) is 3.04. The Morgan fingerprint density at radius 3 is 2.35 bits per heavy atom. The number of carbonyl (C=O) groups is 4. The van der Waals surface area contributed by atoms with Gasteiger partial charge in [-0.15, -0.1) is 0 Å². The van der Waals surface area contributed by atoms with Crippen molar-refractivity contribution in [2.24, 2.45) is 17.8 Å². The van der Waals surface area contributed by atoms with Gasteiger partial charge in [0.1, 0.15) is 6.54 Å². The maximum atomic E-state index is 13.5. The third kappa shape index (κ3) is 4.48. The minimum atomic E-state index is -0.752. The normalized spacial score (nSPS) is 21.6. The van der Waals surface area contributed by atoms with Crippen LogP contribution in [0.5, 0.6) is 0 Å². The minimum absolute atomic E-state index is 0.0612. The Hall–Kier alpha value is -2.38. The molecule has 10 heteroatoms. The van der Waals surface area contributed by atoms with E-state index in [-0.39, 0.29) is 32.1 Å². The number of hydrogen-bond donors (Lipinski definition) is 0. The summed E-state index contributed by atoms with van der Waals surface area (Å²) in [5, 5.41) is 2.43. The van der Waals surface area contributed by atoms with Crippen molar-refractivity contribution >= 4 is 69.9 Å². The van der Waals surface area contributed by atoms with Crippen LogP contribution in [-0.2, 0) is 9.59 Å². The van der Waals surface area contributed by atoms with Crippen molar-refractivity contribution in [2.45, 2.75) is 13.3 Å². The first-order valence-electron chi connectivity index (χ1n) is 10.4. The fourth-order valence-corrected chi connectivity index (χ4v) is 5.13. The summed E-state index contributed by atoms with van der Waals surface area (Å²) in [6.07, 6.45) is 4.10. The summed E-state index contributed by atoms with van der Waals surface area (Å²) in [4.78, 5) is 53.4. The lowest BCUT2D eigenvalue weighted by Crippen LogP contribution is -2.52. The molecule has 0 saturated carbocycles. The Bertz CT molecular complexity index is 1250. The van der Waals surface area contributed by atoms with Gasteiger partial charge in [0.2, 0.25) is 0 Å². The minimum Gasteiger partial charge on any atom is -0.292 e. The molecule has 4 rings (SSSR count). The smallest absolute Gasteiger partial charge is 0.273 e. The van der Waals surface area contributed by atoms with Crippen LogP contribution >= 0.6 is 46.4 Å². The van der Waals surface area contributed by atoms with Crippen LogP contribution in [0.3, 0.4) is 0 Å². The van der Waals surface area contributed by atoms with Crippen LogP contribution in [0.2, 0.25) is 20.1 Å². The number of hydrogen-bond acceptors (Lipinski definition) is 4. The summed E-state index contributed by atoms with van der Waals surface area (Å²) in [7, 11) is 0. The van der Waals surface area contributed by atoms with E-state index in [1.807, 2.05) is 19.1 Å². The molecule has 6 nitrogen and oxygen atoms in total. The number of halogens is 4. The first-order chi connectivity index (χ1) is 16.1. The molecule has 34 heavy (non-hydrogen) atoms. The number of hydrazine groups is 1. The summed E-state index contributed by atoms with van der Waals surface area (Å²) in [6.45, 7) is 1.24. The van der Waals surface area contributed by atoms with Gasteiger partial charge in [-0.05, 0) is 48.7 Å². The Balaban J connectivity index is 1.74. The second kappa shape index (κ2) is 9.70. The molecule has 0 aromatic heterocycles. The predicted molar refractivity (Wildman–Crippen MR) is 130 cm³/mol. The molecule has 1 aliphatic carbocycles. The van der Waals surface area contributed by atoms with Crippen molar-refractivity contribution in [2.75, 3.05) is 6.54 Å². The van der Waals surface area contributed by atoms with Gasteiger partial charge >= 0.3 is 0 Å². The zero-order valence-corrected chi connectivity index (χ0v) is 20.8. The van der Waals surface area contributed by atoms with Gasteiger partial charge in [0.05, 0.1) is 26.9 Å². The van der Waals surface area contributed by atoms with Crippen LogP contribution in [0.4, 0.5) is 0 Å². The van der Waals surface area contributed by atoms with E-state index in [0.717, 1.165) is 10.0 Å². The predicted octanol–water partition coefficient (Wildman–Crippen LogP) is 5.74. The maximum Gasteiger partial charge on any atom is 0.273 e. The molecule has 2 aliphatic rings. The third-order valence-corrected chi connectivity index (χ3v) is 7.30. The van der Waals surface area contributed by atoms with E-state index in [0.29, 0.717) is 11.4 Å². The average molecular weight is 540 g/mol. The Labute approximate surface area is 216 Å². The van der Waals surface area contributed by atoms with Crippen LogP contribution in [0, 0.1) is 17.8 Å². The number of imide groups is 1. The first kappa shape index (κ1) is 24.7. The fourth-order valence-electron chi connectivity index (χ4n) is 4.32. The molecule has 0 radical (unpaired) electrons. The molecular weight excluding hydrogens is 522 g/mol. The van der Waals surface area contributed by atoms with Crippen molar-refractivity contribution in [3.8, 4) is 0 Å². The topological polar surface area (TPSA) is 74.8 Å². The monoisotopic (exact) mass is 538 g/mol. The van der Waals surface area contributed by atoms with Crippen LogP contribution in [0.1, 0.15) is 34.1 Å². The van der Waals surface area contributed by atoms with E-state index in [9.17, 15) is 19.2 Å². The van der Waals surface area contributed by atoms with Crippen molar-refractivity contribution in [3.63, 3.8) is 0 Å². The molecule has 0 spiro atoms. The van der Waals surface area contributed by atoms with Gasteiger partial charge in [0.15, 0.2) is 5.78 Å². The highest BCUT2D eigenvalue weighted by atomic mass is 35.5. The number of fused-ring (bicyclic) bond motifs is 1. The second-order valence-corrected chi connectivity index (χ2v) is 9.84. The molecule has 0 bridgehead atoms. The molecule has 176 valence electrons. The zero-order valence-electron chi connectivity index (χ0n) is 17.8. The largest absolute Gasteiger partial charge is 0.292 e. The Morgan fingerprint density at radius 2 is 1.71 bits per heavy atom. The molecule has 2 aromatic carbocycles.